The van der Waals surface area contributed by atoms with Crippen LogP contribution in [0.1, 0.15) is 18.6 Å². The number of aliphatic hydroxyl groups excluding tert-OH is 1. The van der Waals surface area contributed by atoms with Crippen molar-refractivity contribution in [1.29, 1.82) is 0 Å². The zero-order chi connectivity index (χ0) is 12.4. The number of hydrogen-bond acceptors (Lipinski definition) is 4. The largest absolute Gasteiger partial charge is 0.490 e. The van der Waals surface area contributed by atoms with Gasteiger partial charge in [-0.15, -0.1) is 0 Å². The maximum Gasteiger partial charge on any atom is 0.224 e. The van der Waals surface area contributed by atoms with Crippen LogP contribution in [0.25, 0.3) is 0 Å². The zero-order valence-corrected chi connectivity index (χ0v) is 9.72. The lowest BCUT2D eigenvalue weighted by atomic mass is 10.1. The van der Waals surface area contributed by atoms with E-state index < -0.39 is 6.10 Å². The lowest BCUT2D eigenvalue weighted by molar-refractivity contribution is -0.116. The van der Waals surface area contributed by atoms with Gasteiger partial charge in [0.1, 0.15) is 12.4 Å². The van der Waals surface area contributed by atoms with Crippen LogP contribution < -0.4 is 15.4 Å². The molecule has 2 rings (SSSR count). The van der Waals surface area contributed by atoms with Crippen molar-refractivity contribution in [3.63, 3.8) is 0 Å². The Morgan fingerprint density at radius 1 is 1.65 bits per heavy atom. The van der Waals surface area contributed by atoms with E-state index in [2.05, 4.69) is 0 Å². The van der Waals surface area contributed by atoms with E-state index in [4.69, 9.17) is 10.5 Å². The van der Waals surface area contributed by atoms with Gasteiger partial charge in [-0.1, -0.05) is 6.07 Å². The van der Waals surface area contributed by atoms with Crippen molar-refractivity contribution in [2.24, 2.45) is 5.73 Å². The number of nitrogens with two attached hydrogens (primary N) is 1. The molecule has 1 amide bonds. The van der Waals surface area contributed by atoms with E-state index in [1.165, 1.54) is 6.92 Å². The Morgan fingerprint density at radius 3 is 3.06 bits per heavy atom. The standard InChI is InChI=1S/C12H16N2O3/c1-8(15)14-4-5-17-12-3-2-9(6-10(12)14)11(16)7-13/h2-3,6,11,16H,4-5,7,13H2,1H3. The maximum absolute atomic E-state index is 11.5. The van der Waals surface area contributed by atoms with Gasteiger partial charge in [0.25, 0.3) is 0 Å². The second kappa shape index (κ2) is 4.73. The third kappa shape index (κ3) is 2.25. The van der Waals surface area contributed by atoms with Crippen LogP contribution in [0.5, 0.6) is 5.75 Å². The Kier molecular flexibility index (Phi) is 3.31. The number of benzene rings is 1. The molecule has 1 aromatic carbocycles. The Bertz CT molecular complexity index is 434. The van der Waals surface area contributed by atoms with Crippen LogP contribution in [-0.4, -0.2) is 30.7 Å². The zero-order valence-electron chi connectivity index (χ0n) is 9.72. The van der Waals surface area contributed by atoms with E-state index in [1.54, 1.807) is 23.1 Å². The van der Waals surface area contributed by atoms with Gasteiger partial charge in [0.15, 0.2) is 0 Å². The smallest absolute Gasteiger partial charge is 0.224 e. The topological polar surface area (TPSA) is 75.8 Å². The van der Waals surface area contributed by atoms with Crippen molar-refractivity contribution in [3.8, 4) is 5.75 Å². The van der Waals surface area contributed by atoms with Crippen LogP contribution in [0.4, 0.5) is 5.69 Å². The number of ether oxygens (including phenoxy) is 1. The third-order valence-electron chi connectivity index (χ3n) is 2.83. The normalized spacial score (nSPS) is 16.1. The molecule has 3 N–H and O–H groups in total. The summed E-state index contributed by atoms with van der Waals surface area (Å²) < 4.78 is 5.47. The summed E-state index contributed by atoms with van der Waals surface area (Å²) in [6, 6.07) is 5.28. The number of fused-ring (bicyclic) bond motifs is 1. The van der Waals surface area contributed by atoms with Gasteiger partial charge in [-0.3, -0.25) is 4.79 Å². The second-order valence-corrected chi connectivity index (χ2v) is 4.00. The molecule has 0 saturated heterocycles. The van der Waals surface area contributed by atoms with Gasteiger partial charge >= 0.3 is 0 Å². The number of anilines is 1. The first-order chi connectivity index (χ1) is 8.13. The SMILES string of the molecule is CC(=O)N1CCOc2ccc(C(O)CN)cc21. The Labute approximate surface area is 99.8 Å². The van der Waals surface area contributed by atoms with Crippen LogP contribution in [-0.2, 0) is 4.79 Å². The van der Waals surface area contributed by atoms with E-state index in [1.807, 2.05) is 0 Å². The molecule has 0 spiro atoms. The molecule has 1 heterocycles. The summed E-state index contributed by atoms with van der Waals surface area (Å²) in [5, 5.41) is 9.69. The van der Waals surface area contributed by atoms with Crippen molar-refractivity contribution >= 4 is 11.6 Å². The highest BCUT2D eigenvalue weighted by atomic mass is 16.5. The van der Waals surface area contributed by atoms with Crippen LogP contribution in [0.15, 0.2) is 18.2 Å². The first-order valence-electron chi connectivity index (χ1n) is 5.56. The fraction of sp³-hybridized carbons (Fsp3) is 0.417. The van der Waals surface area contributed by atoms with Gasteiger partial charge in [-0.25, -0.2) is 0 Å². The highest BCUT2D eigenvalue weighted by molar-refractivity contribution is 5.93. The molecule has 0 aromatic heterocycles. The summed E-state index contributed by atoms with van der Waals surface area (Å²) in [5.41, 5.74) is 6.81. The predicted molar refractivity (Wildman–Crippen MR) is 64.0 cm³/mol. The van der Waals surface area contributed by atoms with Crippen LogP contribution in [0.2, 0.25) is 0 Å². The number of aliphatic hydroxyl groups is 1. The lowest BCUT2D eigenvalue weighted by Crippen LogP contribution is -2.36. The molecule has 1 unspecified atom stereocenters. The molecule has 0 fully saturated rings. The van der Waals surface area contributed by atoms with Crippen molar-refractivity contribution in [3.05, 3.63) is 23.8 Å². The van der Waals surface area contributed by atoms with Crippen molar-refractivity contribution in [2.75, 3.05) is 24.6 Å². The summed E-state index contributed by atoms with van der Waals surface area (Å²) in [5.74, 6) is 0.633. The Balaban J connectivity index is 2.40. The van der Waals surface area contributed by atoms with E-state index in [0.29, 0.717) is 30.2 Å². The summed E-state index contributed by atoms with van der Waals surface area (Å²) in [7, 11) is 0. The van der Waals surface area contributed by atoms with Crippen LogP contribution >= 0.6 is 0 Å². The number of carbonyl (C=O) groups is 1. The lowest BCUT2D eigenvalue weighted by Gasteiger charge is -2.29. The van der Waals surface area contributed by atoms with Crippen LogP contribution in [0, 0.1) is 0 Å². The fourth-order valence-corrected chi connectivity index (χ4v) is 1.91. The predicted octanol–water partition coefficient (Wildman–Crippen LogP) is 0.424. The van der Waals surface area contributed by atoms with Crippen molar-refractivity contribution < 1.29 is 14.6 Å². The highest BCUT2D eigenvalue weighted by Gasteiger charge is 2.22. The van der Waals surface area contributed by atoms with E-state index in [-0.39, 0.29) is 12.5 Å². The van der Waals surface area contributed by atoms with Gasteiger partial charge in [-0.05, 0) is 17.7 Å². The molecule has 0 radical (unpaired) electrons. The fourth-order valence-electron chi connectivity index (χ4n) is 1.91. The molecule has 0 aliphatic carbocycles. The molecular formula is C12H16N2O3. The van der Waals surface area contributed by atoms with E-state index in [0.717, 1.165) is 0 Å². The average molecular weight is 236 g/mol. The third-order valence-corrected chi connectivity index (χ3v) is 2.83. The molecule has 1 aliphatic heterocycles. The minimum absolute atomic E-state index is 0.0334. The average Bonchev–Trinajstić information content (AvgIpc) is 2.36. The number of amides is 1. The summed E-state index contributed by atoms with van der Waals surface area (Å²) in [6.07, 6.45) is -0.712. The van der Waals surface area contributed by atoms with Crippen molar-refractivity contribution in [2.45, 2.75) is 13.0 Å². The first kappa shape index (κ1) is 11.9. The number of carbonyl (C=O) groups excluding carboxylic acids is 1. The number of nitrogens with zero attached hydrogens (tertiary/aromatic N) is 1. The molecule has 1 aliphatic rings. The molecule has 1 aromatic rings. The molecular weight excluding hydrogens is 220 g/mol. The quantitative estimate of drug-likeness (QED) is 0.780. The van der Waals surface area contributed by atoms with Crippen molar-refractivity contribution in [1.82, 2.24) is 0 Å². The second-order valence-electron chi connectivity index (χ2n) is 4.00. The Morgan fingerprint density at radius 2 is 2.41 bits per heavy atom. The van der Waals surface area contributed by atoms with Gasteiger partial charge in [0, 0.05) is 13.5 Å². The molecule has 17 heavy (non-hydrogen) atoms. The first-order valence-corrected chi connectivity index (χ1v) is 5.56. The van der Waals surface area contributed by atoms with Gasteiger partial charge < -0.3 is 20.5 Å². The van der Waals surface area contributed by atoms with Crippen LogP contribution in [0.3, 0.4) is 0 Å². The molecule has 0 bridgehead atoms. The number of rotatable bonds is 2. The number of hydrogen-bond donors (Lipinski definition) is 2. The summed E-state index contributed by atoms with van der Waals surface area (Å²) in [4.78, 5) is 13.1. The molecule has 1 atom stereocenters. The van der Waals surface area contributed by atoms with Gasteiger partial charge in [0.2, 0.25) is 5.91 Å². The van der Waals surface area contributed by atoms with Gasteiger partial charge in [-0.2, -0.15) is 0 Å². The monoisotopic (exact) mass is 236 g/mol. The molecule has 0 saturated carbocycles. The molecule has 92 valence electrons. The highest BCUT2D eigenvalue weighted by Crippen LogP contribution is 2.33. The molecule has 5 heteroatoms. The van der Waals surface area contributed by atoms with E-state index in [9.17, 15) is 9.90 Å². The Hall–Kier alpha value is -1.59. The maximum atomic E-state index is 11.5. The minimum atomic E-state index is -0.712. The minimum Gasteiger partial charge on any atom is -0.490 e. The van der Waals surface area contributed by atoms with E-state index >= 15 is 0 Å². The van der Waals surface area contributed by atoms with Gasteiger partial charge in [0.05, 0.1) is 18.3 Å². The summed E-state index contributed by atoms with van der Waals surface area (Å²) in [6.45, 7) is 2.69. The molecule has 5 nitrogen and oxygen atoms in total. The summed E-state index contributed by atoms with van der Waals surface area (Å²) >= 11 is 0.